The van der Waals surface area contributed by atoms with Crippen LogP contribution in [0.3, 0.4) is 0 Å². The van der Waals surface area contributed by atoms with E-state index in [-0.39, 0.29) is 39.8 Å². The van der Waals surface area contributed by atoms with Crippen LogP contribution in [-0.4, -0.2) is 55.4 Å². The van der Waals surface area contributed by atoms with Gasteiger partial charge in [-0.05, 0) is 6.42 Å². The van der Waals surface area contributed by atoms with Gasteiger partial charge in [0, 0.05) is 6.92 Å². The summed E-state index contributed by atoms with van der Waals surface area (Å²) in [5.74, 6) is -0.353. The summed E-state index contributed by atoms with van der Waals surface area (Å²) in [6, 6.07) is 0. The fraction of sp³-hybridized carbons (Fsp3) is 0.818. The maximum atomic E-state index is 10.4. The van der Waals surface area contributed by atoms with E-state index in [1.54, 1.807) is 0 Å². The maximum absolute atomic E-state index is 10.4. The van der Waals surface area contributed by atoms with Crippen molar-refractivity contribution in [3.8, 4) is 0 Å². The number of esters is 1. The molecule has 0 aromatic heterocycles. The molecule has 7 heteroatoms. The summed E-state index contributed by atoms with van der Waals surface area (Å²) in [5, 5.41) is 16.2. The van der Waals surface area contributed by atoms with Crippen molar-refractivity contribution in [2.75, 3.05) is 33.0 Å². The molecule has 18 heavy (non-hydrogen) atoms. The predicted octanol–water partition coefficient (Wildman–Crippen LogP) is 0.720. The van der Waals surface area contributed by atoms with E-state index in [1.807, 2.05) is 6.92 Å². The summed E-state index contributed by atoms with van der Waals surface area (Å²) >= 11 is 0. The van der Waals surface area contributed by atoms with Crippen molar-refractivity contribution in [2.24, 2.45) is 0 Å². The number of rotatable bonds is 6. The van der Waals surface area contributed by atoms with Gasteiger partial charge in [0.05, 0.1) is 19.8 Å². The lowest BCUT2D eigenvalue weighted by molar-refractivity contribution is -0.141. The second kappa shape index (κ2) is 18.0. The molecule has 0 amide bonds. The quantitative estimate of drug-likeness (QED) is 0.684. The molecule has 0 aromatic carbocycles. The highest BCUT2D eigenvalue weighted by atomic mass is 16.7. The molecule has 0 atom stereocenters. The number of hydrogen-bond donors (Lipinski definition) is 2. The van der Waals surface area contributed by atoms with Gasteiger partial charge < -0.3 is 24.4 Å². The molecule has 0 radical (unpaired) electrons. The van der Waals surface area contributed by atoms with Crippen molar-refractivity contribution in [1.29, 1.82) is 0 Å². The fourth-order valence-corrected chi connectivity index (χ4v) is 0.545. The van der Waals surface area contributed by atoms with E-state index < -0.39 is 6.16 Å². The number of carbonyl (C=O) groups excluding carboxylic acids is 2. The zero-order valence-electron chi connectivity index (χ0n) is 10.2. The van der Waals surface area contributed by atoms with Gasteiger partial charge in [-0.1, -0.05) is 14.4 Å². The Kier molecular flexibility index (Phi) is 21.9. The normalized spacial score (nSPS) is 8.22. The van der Waals surface area contributed by atoms with Crippen LogP contribution in [0.25, 0.3) is 0 Å². The molecule has 0 spiro atoms. The first kappa shape index (κ1) is 21.9. The molecule has 0 bridgehead atoms. The van der Waals surface area contributed by atoms with E-state index in [1.165, 1.54) is 6.92 Å². The molecule has 110 valence electrons. The minimum atomic E-state index is -0.712. The van der Waals surface area contributed by atoms with Crippen LogP contribution in [0.2, 0.25) is 0 Å². The average Bonchev–Trinajstić information content (AvgIpc) is 2.31. The van der Waals surface area contributed by atoms with Crippen LogP contribution in [0.5, 0.6) is 0 Å². The molecule has 0 heterocycles. The lowest BCUT2D eigenvalue weighted by Crippen LogP contribution is -2.10. The SMILES string of the molecule is C.CC(=O)OCCO.CCCOC(=O)OCCO. The second-order valence-electron chi connectivity index (χ2n) is 2.73. The Hall–Kier alpha value is -1.34. The van der Waals surface area contributed by atoms with Gasteiger partial charge in [-0.15, -0.1) is 0 Å². The standard InChI is InChI=1S/C6H12O4.C4H8O3.CH4/c1-2-4-9-6(8)10-5-3-7;1-4(6)7-3-2-5;/h7H,2-5H2,1H3;5H,2-3H2,1H3;1H4. The van der Waals surface area contributed by atoms with Gasteiger partial charge in [0.1, 0.15) is 13.2 Å². The average molecular weight is 268 g/mol. The van der Waals surface area contributed by atoms with Crippen LogP contribution in [0.1, 0.15) is 27.7 Å². The van der Waals surface area contributed by atoms with Crippen molar-refractivity contribution in [2.45, 2.75) is 27.7 Å². The van der Waals surface area contributed by atoms with E-state index in [9.17, 15) is 9.59 Å². The molecule has 0 aliphatic rings. The number of hydrogen-bond acceptors (Lipinski definition) is 7. The van der Waals surface area contributed by atoms with Gasteiger partial charge in [-0.3, -0.25) is 4.79 Å². The first-order valence-corrected chi connectivity index (χ1v) is 5.23. The Morgan fingerprint density at radius 3 is 1.72 bits per heavy atom. The fourth-order valence-electron chi connectivity index (χ4n) is 0.545. The van der Waals surface area contributed by atoms with Gasteiger partial charge in [0.2, 0.25) is 0 Å². The van der Waals surface area contributed by atoms with Crippen molar-refractivity contribution >= 4 is 12.1 Å². The van der Waals surface area contributed by atoms with E-state index in [2.05, 4.69) is 14.2 Å². The lowest BCUT2D eigenvalue weighted by atomic mass is 10.5. The number of carbonyl (C=O) groups is 2. The summed E-state index contributed by atoms with van der Waals surface area (Å²) in [6.45, 7) is 3.40. The van der Waals surface area contributed by atoms with Crippen LogP contribution in [0, 0.1) is 0 Å². The van der Waals surface area contributed by atoms with E-state index >= 15 is 0 Å². The summed E-state index contributed by atoms with van der Waals surface area (Å²) in [7, 11) is 0. The van der Waals surface area contributed by atoms with E-state index in [4.69, 9.17) is 10.2 Å². The smallest absolute Gasteiger partial charge is 0.463 e. The summed E-state index contributed by atoms with van der Waals surface area (Å²) in [6.07, 6.45) is 0.0599. The Balaban J connectivity index is -0.000000251. The van der Waals surface area contributed by atoms with Crippen molar-refractivity contribution in [3.05, 3.63) is 0 Å². The van der Waals surface area contributed by atoms with E-state index in [0.29, 0.717) is 6.61 Å². The Labute approximate surface area is 108 Å². The zero-order chi connectivity index (χ0) is 13.5. The molecule has 0 aliphatic carbocycles. The zero-order valence-corrected chi connectivity index (χ0v) is 10.2. The van der Waals surface area contributed by atoms with Crippen LogP contribution >= 0.6 is 0 Å². The van der Waals surface area contributed by atoms with Crippen LogP contribution in [0.4, 0.5) is 4.79 Å². The Bertz CT molecular complexity index is 184. The van der Waals surface area contributed by atoms with Crippen LogP contribution in [0.15, 0.2) is 0 Å². The summed E-state index contributed by atoms with van der Waals surface area (Å²) < 4.78 is 13.2. The maximum Gasteiger partial charge on any atom is 0.508 e. The molecule has 0 saturated heterocycles. The van der Waals surface area contributed by atoms with Crippen LogP contribution in [-0.2, 0) is 19.0 Å². The summed E-state index contributed by atoms with van der Waals surface area (Å²) in [4.78, 5) is 20.3. The number of aliphatic hydroxyl groups is 2. The van der Waals surface area contributed by atoms with Crippen molar-refractivity contribution in [3.63, 3.8) is 0 Å². The van der Waals surface area contributed by atoms with Crippen molar-refractivity contribution < 1.29 is 34.0 Å². The topological polar surface area (TPSA) is 102 Å². The Morgan fingerprint density at radius 1 is 0.944 bits per heavy atom. The molecule has 0 saturated carbocycles. The summed E-state index contributed by atoms with van der Waals surface area (Å²) in [5.41, 5.74) is 0. The predicted molar refractivity (Wildman–Crippen MR) is 65.1 cm³/mol. The van der Waals surface area contributed by atoms with Gasteiger partial charge >= 0.3 is 12.1 Å². The molecule has 0 aliphatic heterocycles. The lowest BCUT2D eigenvalue weighted by Gasteiger charge is -2.01. The highest BCUT2D eigenvalue weighted by molar-refractivity contribution is 5.65. The van der Waals surface area contributed by atoms with Crippen LogP contribution < -0.4 is 0 Å². The highest BCUT2D eigenvalue weighted by Crippen LogP contribution is 1.86. The van der Waals surface area contributed by atoms with Gasteiger partial charge in [-0.2, -0.15) is 0 Å². The second-order valence-corrected chi connectivity index (χ2v) is 2.73. The molecule has 0 unspecified atom stereocenters. The third-order valence-corrected chi connectivity index (χ3v) is 1.13. The molecule has 0 fully saturated rings. The van der Waals surface area contributed by atoms with Gasteiger partial charge in [0.25, 0.3) is 0 Å². The molecule has 0 aromatic rings. The number of aliphatic hydroxyl groups excluding tert-OH is 2. The van der Waals surface area contributed by atoms with Crippen molar-refractivity contribution in [1.82, 2.24) is 0 Å². The minimum absolute atomic E-state index is 0. The largest absolute Gasteiger partial charge is 0.508 e. The first-order valence-electron chi connectivity index (χ1n) is 5.23. The third kappa shape index (κ3) is 24.1. The highest BCUT2D eigenvalue weighted by Gasteiger charge is 1.99. The Morgan fingerprint density at radius 2 is 1.39 bits per heavy atom. The monoisotopic (exact) mass is 268 g/mol. The third-order valence-electron chi connectivity index (χ3n) is 1.13. The first-order chi connectivity index (χ1) is 8.08. The molecule has 7 nitrogen and oxygen atoms in total. The molecular formula is C11H24O7. The van der Waals surface area contributed by atoms with Gasteiger partial charge in [-0.25, -0.2) is 4.79 Å². The van der Waals surface area contributed by atoms with E-state index in [0.717, 1.165) is 6.42 Å². The molecule has 0 rings (SSSR count). The van der Waals surface area contributed by atoms with Gasteiger partial charge in [0.15, 0.2) is 0 Å². The molecule has 2 N–H and O–H groups in total. The molecular weight excluding hydrogens is 244 g/mol. The minimum Gasteiger partial charge on any atom is -0.463 e. The number of ether oxygens (including phenoxy) is 3.